The number of rotatable bonds is 4. The number of fused-ring (bicyclic) bond motifs is 1. The van der Waals surface area contributed by atoms with Crippen LogP contribution in [-0.2, 0) is 16.8 Å². The number of methoxy groups -OCH3 is 1. The van der Waals surface area contributed by atoms with Crippen LogP contribution in [0.5, 0.6) is 0 Å². The normalized spacial score (nSPS) is 12.2. The number of nitrogens with one attached hydrogen (secondary N) is 1. The molecule has 0 fully saturated rings. The fourth-order valence-corrected chi connectivity index (χ4v) is 1.96. The van der Waals surface area contributed by atoms with Crippen LogP contribution in [0.2, 0.25) is 0 Å². The van der Waals surface area contributed by atoms with Crippen molar-refractivity contribution in [3.05, 3.63) is 41.7 Å². The molecule has 0 aliphatic carbocycles. The Balaban J connectivity index is 1.88. The van der Waals surface area contributed by atoms with Crippen LogP contribution in [0.25, 0.3) is 10.9 Å². The lowest BCUT2D eigenvalue weighted by Crippen LogP contribution is -2.21. The van der Waals surface area contributed by atoms with Crippen LogP contribution in [0.1, 0.15) is 31.3 Å². The quantitative estimate of drug-likeness (QED) is 0.789. The number of aromatic amines is 1. The second kappa shape index (κ2) is 4.72. The zero-order chi connectivity index (χ0) is 14.2. The van der Waals surface area contributed by atoms with Gasteiger partial charge in [-0.05, 0) is 19.9 Å². The Morgan fingerprint density at radius 2 is 2.10 bits per heavy atom. The summed E-state index contributed by atoms with van der Waals surface area (Å²) < 4.78 is 10.6. The van der Waals surface area contributed by atoms with Gasteiger partial charge in [-0.3, -0.25) is 5.10 Å². The summed E-state index contributed by atoms with van der Waals surface area (Å²) in [4.78, 5) is 4.38. The van der Waals surface area contributed by atoms with Crippen molar-refractivity contribution in [2.75, 3.05) is 7.11 Å². The maximum atomic E-state index is 5.34. The molecule has 3 aromatic rings. The number of hydrogen-bond acceptors (Lipinski definition) is 5. The van der Waals surface area contributed by atoms with E-state index in [0.29, 0.717) is 18.1 Å². The highest BCUT2D eigenvalue weighted by atomic mass is 16.5. The molecular formula is C14H16N4O2. The van der Waals surface area contributed by atoms with E-state index < -0.39 is 5.60 Å². The summed E-state index contributed by atoms with van der Waals surface area (Å²) in [6, 6.07) is 7.92. The summed E-state index contributed by atoms with van der Waals surface area (Å²) in [7, 11) is 1.62. The molecule has 3 rings (SSSR count). The van der Waals surface area contributed by atoms with Crippen molar-refractivity contribution in [1.29, 1.82) is 0 Å². The molecule has 1 aromatic carbocycles. The van der Waals surface area contributed by atoms with Crippen LogP contribution in [0.4, 0.5) is 0 Å². The average molecular weight is 272 g/mol. The van der Waals surface area contributed by atoms with Gasteiger partial charge < -0.3 is 9.26 Å². The van der Waals surface area contributed by atoms with Gasteiger partial charge in [-0.25, -0.2) is 0 Å². The summed E-state index contributed by atoms with van der Waals surface area (Å²) in [6.07, 6.45) is 0.521. The molecule has 6 nitrogen and oxygen atoms in total. The lowest BCUT2D eigenvalue weighted by molar-refractivity contribution is 0.00973. The van der Waals surface area contributed by atoms with E-state index in [1.54, 1.807) is 7.11 Å². The van der Waals surface area contributed by atoms with E-state index in [0.717, 1.165) is 16.6 Å². The Morgan fingerprint density at radius 1 is 1.30 bits per heavy atom. The van der Waals surface area contributed by atoms with E-state index in [4.69, 9.17) is 9.26 Å². The van der Waals surface area contributed by atoms with Crippen LogP contribution >= 0.6 is 0 Å². The second-order valence-corrected chi connectivity index (χ2v) is 5.12. The molecule has 2 aromatic heterocycles. The molecule has 0 saturated heterocycles. The Labute approximate surface area is 116 Å². The maximum Gasteiger partial charge on any atom is 0.232 e. The maximum absolute atomic E-state index is 5.34. The largest absolute Gasteiger partial charge is 0.371 e. The van der Waals surface area contributed by atoms with Crippen LogP contribution in [0, 0.1) is 0 Å². The van der Waals surface area contributed by atoms with Gasteiger partial charge in [-0.2, -0.15) is 10.1 Å². The van der Waals surface area contributed by atoms with Gasteiger partial charge in [0.05, 0.1) is 17.6 Å². The van der Waals surface area contributed by atoms with Crippen molar-refractivity contribution >= 4 is 10.9 Å². The second-order valence-electron chi connectivity index (χ2n) is 5.12. The van der Waals surface area contributed by atoms with Gasteiger partial charge in [0.2, 0.25) is 11.7 Å². The monoisotopic (exact) mass is 272 g/mol. The first kappa shape index (κ1) is 12.8. The van der Waals surface area contributed by atoms with Crippen molar-refractivity contribution < 1.29 is 9.26 Å². The van der Waals surface area contributed by atoms with Crippen LogP contribution in [0.3, 0.4) is 0 Å². The standard InChI is InChI=1S/C14H16N4O2/c1-14(2,19-3)13-15-12(20-18-13)8-11-9-6-4-5-7-10(9)16-17-11/h4-7H,8H2,1-3H3,(H,16,17). The highest BCUT2D eigenvalue weighted by Gasteiger charge is 2.26. The summed E-state index contributed by atoms with van der Waals surface area (Å²) in [5.74, 6) is 1.08. The summed E-state index contributed by atoms with van der Waals surface area (Å²) in [6.45, 7) is 3.79. The molecule has 104 valence electrons. The smallest absolute Gasteiger partial charge is 0.232 e. The van der Waals surface area contributed by atoms with Gasteiger partial charge in [0.1, 0.15) is 5.60 Å². The zero-order valence-electron chi connectivity index (χ0n) is 11.7. The van der Waals surface area contributed by atoms with E-state index >= 15 is 0 Å². The first-order valence-corrected chi connectivity index (χ1v) is 6.40. The number of hydrogen-bond donors (Lipinski definition) is 1. The number of aromatic nitrogens is 4. The van der Waals surface area contributed by atoms with E-state index in [-0.39, 0.29) is 0 Å². The van der Waals surface area contributed by atoms with Crippen LogP contribution < -0.4 is 0 Å². The Hall–Kier alpha value is -2.21. The van der Waals surface area contributed by atoms with Crippen molar-refractivity contribution in [2.45, 2.75) is 25.9 Å². The summed E-state index contributed by atoms with van der Waals surface area (Å²) in [5.41, 5.74) is 1.34. The fraction of sp³-hybridized carbons (Fsp3) is 0.357. The van der Waals surface area contributed by atoms with E-state index in [1.807, 2.05) is 38.1 Å². The summed E-state index contributed by atoms with van der Waals surface area (Å²) in [5, 5.41) is 12.3. The van der Waals surface area contributed by atoms with Crippen molar-refractivity contribution in [3.8, 4) is 0 Å². The van der Waals surface area contributed by atoms with Gasteiger partial charge in [0.15, 0.2) is 0 Å². The predicted molar refractivity (Wildman–Crippen MR) is 73.2 cm³/mol. The molecule has 0 aliphatic rings. The van der Waals surface area contributed by atoms with Crippen LogP contribution in [-0.4, -0.2) is 27.4 Å². The molecule has 0 atom stereocenters. The molecule has 1 N–H and O–H groups in total. The summed E-state index contributed by atoms with van der Waals surface area (Å²) >= 11 is 0. The minimum Gasteiger partial charge on any atom is -0.371 e. The van der Waals surface area contributed by atoms with Gasteiger partial charge in [0, 0.05) is 12.5 Å². The molecule has 0 unspecified atom stereocenters. The minimum atomic E-state index is -0.558. The Bertz CT molecular complexity index is 729. The number of benzene rings is 1. The molecule has 20 heavy (non-hydrogen) atoms. The molecule has 2 heterocycles. The van der Waals surface area contributed by atoms with Crippen molar-refractivity contribution in [3.63, 3.8) is 0 Å². The van der Waals surface area contributed by atoms with Gasteiger partial charge in [-0.1, -0.05) is 23.4 Å². The molecular weight excluding hydrogens is 256 g/mol. The average Bonchev–Trinajstić information content (AvgIpc) is 3.08. The third-order valence-electron chi connectivity index (χ3n) is 3.39. The van der Waals surface area contributed by atoms with Crippen molar-refractivity contribution in [2.24, 2.45) is 0 Å². The molecule has 0 aliphatic heterocycles. The lowest BCUT2D eigenvalue weighted by atomic mass is 10.1. The Kier molecular flexibility index (Phi) is 3.02. The highest BCUT2D eigenvalue weighted by molar-refractivity contribution is 5.81. The fourth-order valence-electron chi connectivity index (χ4n) is 1.96. The molecule has 0 radical (unpaired) electrons. The number of ether oxygens (including phenoxy) is 1. The van der Waals surface area contributed by atoms with Gasteiger partial charge in [0.25, 0.3) is 0 Å². The first-order valence-electron chi connectivity index (χ1n) is 6.40. The molecule has 0 amide bonds. The van der Waals surface area contributed by atoms with Gasteiger partial charge in [-0.15, -0.1) is 0 Å². The van der Waals surface area contributed by atoms with E-state index in [1.165, 1.54) is 0 Å². The molecule has 0 saturated carbocycles. The zero-order valence-corrected chi connectivity index (χ0v) is 11.7. The number of para-hydroxylation sites is 1. The molecule has 0 bridgehead atoms. The van der Waals surface area contributed by atoms with Crippen LogP contribution in [0.15, 0.2) is 28.8 Å². The van der Waals surface area contributed by atoms with E-state index in [9.17, 15) is 0 Å². The lowest BCUT2D eigenvalue weighted by Gasteiger charge is -2.17. The van der Waals surface area contributed by atoms with Gasteiger partial charge >= 0.3 is 0 Å². The van der Waals surface area contributed by atoms with E-state index in [2.05, 4.69) is 20.3 Å². The topological polar surface area (TPSA) is 76.8 Å². The third-order valence-corrected chi connectivity index (χ3v) is 3.39. The SMILES string of the molecule is COC(C)(C)c1noc(Cc2[nH]nc3ccccc23)n1. The minimum absolute atomic E-state index is 0.521. The Morgan fingerprint density at radius 3 is 2.90 bits per heavy atom. The van der Waals surface area contributed by atoms with Crippen molar-refractivity contribution in [1.82, 2.24) is 20.3 Å². The third kappa shape index (κ3) is 2.18. The molecule has 6 heteroatoms. The predicted octanol–water partition coefficient (Wildman–Crippen LogP) is 2.42. The first-order chi connectivity index (χ1) is 9.60. The number of H-pyrrole nitrogens is 1. The molecule has 0 spiro atoms. The number of nitrogens with zero attached hydrogens (tertiary/aromatic N) is 3. The highest BCUT2D eigenvalue weighted by Crippen LogP contribution is 2.22.